The lowest BCUT2D eigenvalue weighted by molar-refractivity contribution is -0.139. The van der Waals surface area contributed by atoms with Crippen LogP contribution in [0.4, 0.5) is 4.79 Å². The minimum Gasteiger partial charge on any atom is -0.480 e. The second-order valence-electron chi connectivity index (χ2n) is 5.24. The molecular weight excluding hydrogens is 272 g/mol. The topological polar surface area (TPSA) is 91.6 Å². The number of nitrogens with one attached hydrogen (secondary N) is 2. The Morgan fingerprint density at radius 3 is 2.48 bits per heavy atom. The second kappa shape index (κ2) is 7.71. The lowest BCUT2D eigenvalue weighted by Gasteiger charge is -2.18. The number of urea groups is 1. The third-order valence-corrected chi connectivity index (χ3v) is 3.34. The number of aryl methyl sites for hydroxylation is 2. The number of aliphatic carboxylic acids is 1. The zero-order chi connectivity index (χ0) is 16.0. The molecule has 3 N–H and O–H groups in total. The van der Waals surface area contributed by atoms with E-state index in [0.29, 0.717) is 6.42 Å². The number of hydrogen-bond donors (Lipinski definition) is 3. The Kier molecular flexibility index (Phi) is 6.27. The van der Waals surface area contributed by atoms with E-state index < -0.39 is 18.0 Å². The number of carbonyl (C=O) groups excluding carboxylic acids is 1. The second-order valence-corrected chi connectivity index (χ2v) is 5.24. The lowest BCUT2D eigenvalue weighted by Crippen LogP contribution is -2.46. The highest BCUT2D eigenvalue weighted by Crippen LogP contribution is 2.20. The molecule has 0 radical (unpaired) electrons. The van der Waals surface area contributed by atoms with E-state index in [-0.39, 0.29) is 6.04 Å². The van der Waals surface area contributed by atoms with E-state index in [4.69, 9.17) is 9.52 Å². The third kappa shape index (κ3) is 5.13. The minimum absolute atomic E-state index is 0.247. The van der Waals surface area contributed by atoms with Crippen molar-refractivity contribution in [2.24, 2.45) is 0 Å². The number of carboxylic acid groups (broad SMARTS) is 1. The van der Waals surface area contributed by atoms with Gasteiger partial charge in [0.2, 0.25) is 0 Å². The van der Waals surface area contributed by atoms with E-state index in [0.717, 1.165) is 29.9 Å². The van der Waals surface area contributed by atoms with Crippen LogP contribution in [0.15, 0.2) is 10.5 Å². The average Bonchev–Trinajstić information content (AvgIpc) is 2.73. The smallest absolute Gasteiger partial charge is 0.326 e. The molecule has 21 heavy (non-hydrogen) atoms. The molecule has 0 spiro atoms. The predicted molar refractivity (Wildman–Crippen MR) is 79.2 cm³/mol. The molecular formula is C15H24N2O4. The largest absolute Gasteiger partial charge is 0.480 e. The molecule has 6 heteroatoms. The van der Waals surface area contributed by atoms with Gasteiger partial charge in [0.25, 0.3) is 0 Å². The molecule has 2 unspecified atom stereocenters. The summed E-state index contributed by atoms with van der Waals surface area (Å²) in [5.41, 5.74) is 0.892. The Bertz CT molecular complexity index is 496. The van der Waals surface area contributed by atoms with Gasteiger partial charge in [-0.3, -0.25) is 0 Å². The highest BCUT2D eigenvalue weighted by Gasteiger charge is 2.21. The minimum atomic E-state index is -1.01. The Balaban J connectivity index is 2.59. The maximum atomic E-state index is 11.9. The normalized spacial score (nSPS) is 13.5. The Morgan fingerprint density at radius 2 is 2.00 bits per heavy atom. The Hall–Kier alpha value is -1.98. The summed E-state index contributed by atoms with van der Waals surface area (Å²) in [5.74, 6) is 0.519. The SMILES string of the molecule is CCCCC(NC(=O)NC(C)c1cc(C)oc1C)C(=O)O. The van der Waals surface area contributed by atoms with E-state index >= 15 is 0 Å². The van der Waals surface area contributed by atoms with Crippen molar-refractivity contribution in [1.29, 1.82) is 0 Å². The zero-order valence-electron chi connectivity index (χ0n) is 13.0. The van der Waals surface area contributed by atoms with Crippen molar-refractivity contribution in [3.63, 3.8) is 0 Å². The van der Waals surface area contributed by atoms with Crippen LogP contribution in [0.2, 0.25) is 0 Å². The molecule has 0 fully saturated rings. The quantitative estimate of drug-likeness (QED) is 0.721. The highest BCUT2D eigenvalue weighted by atomic mass is 16.4. The van der Waals surface area contributed by atoms with Gasteiger partial charge in [-0.15, -0.1) is 0 Å². The molecule has 1 aromatic rings. The van der Waals surface area contributed by atoms with Crippen LogP contribution in [0.1, 0.15) is 56.2 Å². The van der Waals surface area contributed by atoms with Gasteiger partial charge >= 0.3 is 12.0 Å². The zero-order valence-corrected chi connectivity index (χ0v) is 13.0. The van der Waals surface area contributed by atoms with Crippen LogP contribution >= 0.6 is 0 Å². The number of carbonyl (C=O) groups is 2. The fraction of sp³-hybridized carbons (Fsp3) is 0.600. The van der Waals surface area contributed by atoms with Crippen molar-refractivity contribution in [2.45, 2.75) is 59.0 Å². The van der Waals surface area contributed by atoms with Crippen molar-refractivity contribution < 1.29 is 19.1 Å². The summed E-state index contributed by atoms with van der Waals surface area (Å²) < 4.78 is 5.42. The summed E-state index contributed by atoms with van der Waals surface area (Å²) in [7, 11) is 0. The van der Waals surface area contributed by atoms with Crippen molar-refractivity contribution >= 4 is 12.0 Å². The predicted octanol–water partition coefficient (Wildman–Crippen LogP) is 2.90. The van der Waals surface area contributed by atoms with Gasteiger partial charge < -0.3 is 20.2 Å². The molecule has 0 aromatic carbocycles. The van der Waals surface area contributed by atoms with Crippen LogP contribution in [0, 0.1) is 13.8 Å². The monoisotopic (exact) mass is 296 g/mol. The van der Waals surface area contributed by atoms with Crippen molar-refractivity contribution in [3.8, 4) is 0 Å². The molecule has 2 amide bonds. The Labute approximate surface area is 124 Å². The number of unbranched alkanes of at least 4 members (excludes halogenated alkanes) is 1. The van der Waals surface area contributed by atoms with Crippen LogP contribution in [-0.2, 0) is 4.79 Å². The van der Waals surface area contributed by atoms with Gasteiger partial charge in [0.1, 0.15) is 17.6 Å². The van der Waals surface area contributed by atoms with Gasteiger partial charge in [-0.05, 0) is 33.3 Å². The molecule has 1 rings (SSSR count). The molecule has 6 nitrogen and oxygen atoms in total. The summed E-state index contributed by atoms with van der Waals surface area (Å²) in [6.45, 7) is 7.48. The van der Waals surface area contributed by atoms with E-state index in [9.17, 15) is 9.59 Å². The van der Waals surface area contributed by atoms with Crippen molar-refractivity contribution in [3.05, 3.63) is 23.2 Å². The first-order valence-corrected chi connectivity index (χ1v) is 7.21. The van der Waals surface area contributed by atoms with Gasteiger partial charge in [-0.2, -0.15) is 0 Å². The molecule has 1 aromatic heterocycles. The van der Waals surface area contributed by atoms with Crippen molar-refractivity contribution in [2.75, 3.05) is 0 Å². The van der Waals surface area contributed by atoms with E-state index in [1.807, 2.05) is 33.8 Å². The average molecular weight is 296 g/mol. The number of rotatable bonds is 7. The number of hydrogen-bond acceptors (Lipinski definition) is 3. The maximum absolute atomic E-state index is 11.9. The van der Waals surface area contributed by atoms with Gasteiger partial charge in [-0.25, -0.2) is 9.59 Å². The fourth-order valence-corrected chi connectivity index (χ4v) is 2.22. The summed E-state index contributed by atoms with van der Waals surface area (Å²) in [4.78, 5) is 23.0. The molecule has 2 atom stereocenters. The molecule has 0 aliphatic rings. The number of carboxylic acids is 1. The lowest BCUT2D eigenvalue weighted by atomic mass is 10.1. The highest BCUT2D eigenvalue weighted by molar-refractivity contribution is 5.82. The summed E-state index contributed by atoms with van der Waals surface area (Å²) in [6, 6.07) is 0.281. The van der Waals surface area contributed by atoms with Crippen LogP contribution in [0.25, 0.3) is 0 Å². The van der Waals surface area contributed by atoms with E-state index in [1.165, 1.54) is 0 Å². The number of amides is 2. The standard InChI is InChI=1S/C15H24N2O4/c1-5-6-7-13(14(18)19)17-15(20)16-10(3)12-8-9(2)21-11(12)4/h8,10,13H,5-7H2,1-4H3,(H,18,19)(H2,16,17,20). The first kappa shape index (κ1) is 17.1. The molecule has 118 valence electrons. The summed E-state index contributed by atoms with van der Waals surface area (Å²) in [5, 5.41) is 14.3. The fourth-order valence-electron chi connectivity index (χ4n) is 2.22. The van der Waals surface area contributed by atoms with Gasteiger partial charge in [0.05, 0.1) is 6.04 Å². The molecule has 0 aliphatic carbocycles. The first-order chi connectivity index (χ1) is 9.85. The van der Waals surface area contributed by atoms with Gasteiger partial charge in [-0.1, -0.05) is 19.8 Å². The molecule has 0 bridgehead atoms. The van der Waals surface area contributed by atoms with Crippen LogP contribution in [0.3, 0.4) is 0 Å². The Morgan fingerprint density at radius 1 is 1.33 bits per heavy atom. The number of furan rings is 1. The summed E-state index contributed by atoms with van der Waals surface area (Å²) in [6.07, 6.45) is 2.07. The third-order valence-electron chi connectivity index (χ3n) is 3.34. The van der Waals surface area contributed by atoms with E-state index in [1.54, 1.807) is 0 Å². The van der Waals surface area contributed by atoms with Crippen molar-refractivity contribution in [1.82, 2.24) is 10.6 Å². The van der Waals surface area contributed by atoms with Gasteiger partial charge in [0.15, 0.2) is 0 Å². The first-order valence-electron chi connectivity index (χ1n) is 7.21. The van der Waals surface area contributed by atoms with Crippen LogP contribution in [0.5, 0.6) is 0 Å². The maximum Gasteiger partial charge on any atom is 0.326 e. The van der Waals surface area contributed by atoms with E-state index in [2.05, 4.69) is 10.6 Å². The molecule has 0 saturated carbocycles. The van der Waals surface area contributed by atoms with Crippen LogP contribution < -0.4 is 10.6 Å². The molecule has 0 saturated heterocycles. The summed E-state index contributed by atoms with van der Waals surface area (Å²) >= 11 is 0. The molecule has 0 aliphatic heterocycles. The van der Waals surface area contributed by atoms with Gasteiger partial charge in [0, 0.05) is 5.56 Å². The van der Waals surface area contributed by atoms with Crippen LogP contribution in [-0.4, -0.2) is 23.1 Å². The molecule has 1 heterocycles.